The fraction of sp³-hybridized carbons (Fsp3) is 0.364. The van der Waals surface area contributed by atoms with Gasteiger partial charge in [-0.2, -0.15) is 0 Å². The van der Waals surface area contributed by atoms with Crippen molar-refractivity contribution < 1.29 is 23.1 Å². The van der Waals surface area contributed by atoms with E-state index < -0.39 is 22.1 Å². The van der Waals surface area contributed by atoms with E-state index in [1.54, 1.807) is 12.1 Å². The van der Waals surface area contributed by atoms with Crippen molar-refractivity contribution in [3.63, 3.8) is 0 Å². The molecule has 8 heteroatoms. The summed E-state index contributed by atoms with van der Waals surface area (Å²) in [5.74, 6) is -1.05. The van der Waals surface area contributed by atoms with Gasteiger partial charge in [0, 0.05) is 18.1 Å². The Labute approximate surface area is 120 Å². The molecule has 0 aliphatic rings. The first-order valence-corrected chi connectivity index (χ1v) is 7.62. The highest BCUT2D eigenvalue weighted by molar-refractivity contribution is 9.10. The molecule has 0 saturated heterocycles. The summed E-state index contributed by atoms with van der Waals surface area (Å²) >= 11 is 3.19. The number of methoxy groups -OCH3 is 1. The number of benzene rings is 1. The van der Waals surface area contributed by atoms with Gasteiger partial charge in [-0.3, -0.25) is 4.79 Å². The molecule has 0 amide bonds. The van der Waals surface area contributed by atoms with Crippen LogP contribution in [0.1, 0.15) is 6.42 Å². The van der Waals surface area contributed by atoms with E-state index >= 15 is 0 Å². The summed E-state index contributed by atoms with van der Waals surface area (Å²) in [5, 5.41) is 8.63. The molecule has 1 atom stereocenters. The van der Waals surface area contributed by atoms with Gasteiger partial charge in [0.25, 0.3) is 0 Å². The van der Waals surface area contributed by atoms with Crippen LogP contribution in [-0.4, -0.2) is 39.3 Å². The molecule has 0 bridgehead atoms. The van der Waals surface area contributed by atoms with Crippen molar-refractivity contribution in [3.05, 3.63) is 28.7 Å². The summed E-state index contributed by atoms with van der Waals surface area (Å²) in [6.45, 7) is -0.0996. The molecule has 1 rings (SSSR count). The number of hydrogen-bond acceptors (Lipinski definition) is 4. The van der Waals surface area contributed by atoms with Crippen LogP contribution in [0.25, 0.3) is 0 Å². The van der Waals surface area contributed by atoms with Crippen LogP contribution < -0.4 is 4.72 Å². The quantitative estimate of drug-likeness (QED) is 0.770. The molecule has 2 N–H and O–H groups in total. The molecular formula is C11H14BrNO5S. The molecule has 0 heterocycles. The molecule has 0 aromatic heterocycles. The molecule has 0 fully saturated rings. The largest absolute Gasteiger partial charge is 0.481 e. The number of carboxylic acids is 1. The van der Waals surface area contributed by atoms with Crippen molar-refractivity contribution in [2.45, 2.75) is 17.4 Å². The Morgan fingerprint density at radius 3 is 2.74 bits per heavy atom. The predicted octanol–water partition coefficient (Wildman–Crippen LogP) is 1.22. The van der Waals surface area contributed by atoms with Gasteiger partial charge in [-0.1, -0.05) is 22.0 Å². The summed E-state index contributed by atoms with van der Waals surface area (Å²) in [6.07, 6.45) is -0.975. The normalized spacial score (nSPS) is 13.2. The molecule has 1 aromatic rings. The first kappa shape index (κ1) is 16.1. The average Bonchev–Trinajstić information content (AvgIpc) is 2.34. The zero-order valence-corrected chi connectivity index (χ0v) is 12.6. The lowest BCUT2D eigenvalue weighted by molar-refractivity contribution is -0.139. The summed E-state index contributed by atoms with van der Waals surface area (Å²) in [4.78, 5) is 10.6. The standard InChI is InChI=1S/C11H14BrNO5S/c1-18-9(6-11(14)15)7-13-19(16,17)10-4-2-3-8(12)5-10/h2-5,9,13H,6-7H2,1H3,(H,14,15). The van der Waals surface area contributed by atoms with E-state index in [0.29, 0.717) is 4.47 Å². The summed E-state index contributed by atoms with van der Waals surface area (Å²) in [7, 11) is -2.34. The Hall–Kier alpha value is -0.960. The molecule has 6 nitrogen and oxygen atoms in total. The van der Waals surface area contributed by atoms with Gasteiger partial charge in [0.1, 0.15) is 0 Å². The molecule has 0 aliphatic carbocycles. The highest BCUT2D eigenvalue weighted by atomic mass is 79.9. The fourth-order valence-electron chi connectivity index (χ4n) is 1.35. The first-order valence-electron chi connectivity index (χ1n) is 5.35. The minimum atomic E-state index is -3.68. The molecule has 0 aliphatic heterocycles. The minimum absolute atomic E-state index is 0.0996. The Bertz CT molecular complexity index is 546. The van der Waals surface area contributed by atoms with Crippen LogP contribution in [0.15, 0.2) is 33.6 Å². The maximum absolute atomic E-state index is 12.0. The number of carboxylic acid groups (broad SMARTS) is 1. The highest BCUT2D eigenvalue weighted by Gasteiger charge is 2.18. The van der Waals surface area contributed by atoms with Gasteiger partial charge in [-0.15, -0.1) is 0 Å². The second kappa shape index (κ2) is 6.99. The zero-order valence-electron chi connectivity index (χ0n) is 10.2. The third-order valence-electron chi connectivity index (χ3n) is 2.34. The van der Waals surface area contributed by atoms with Crippen LogP contribution in [-0.2, 0) is 19.6 Å². The first-order chi connectivity index (χ1) is 8.85. The third-order valence-corrected chi connectivity index (χ3v) is 4.26. The highest BCUT2D eigenvalue weighted by Crippen LogP contribution is 2.15. The smallest absolute Gasteiger partial charge is 0.306 e. The molecule has 0 radical (unpaired) electrons. The molecule has 106 valence electrons. The Morgan fingerprint density at radius 1 is 1.53 bits per heavy atom. The number of rotatable bonds is 7. The Morgan fingerprint density at radius 2 is 2.21 bits per heavy atom. The number of halogens is 1. The number of ether oxygens (including phenoxy) is 1. The van der Waals surface area contributed by atoms with E-state index in [1.165, 1.54) is 19.2 Å². The second-order valence-corrected chi connectivity index (χ2v) is 6.45. The van der Waals surface area contributed by atoms with Crippen molar-refractivity contribution in [3.8, 4) is 0 Å². The van der Waals surface area contributed by atoms with E-state index in [0.717, 1.165) is 0 Å². The monoisotopic (exact) mass is 351 g/mol. The minimum Gasteiger partial charge on any atom is -0.481 e. The molecular weight excluding hydrogens is 338 g/mol. The van der Waals surface area contributed by atoms with Gasteiger partial charge >= 0.3 is 5.97 Å². The van der Waals surface area contributed by atoms with E-state index in [4.69, 9.17) is 9.84 Å². The predicted molar refractivity (Wildman–Crippen MR) is 72.4 cm³/mol. The average molecular weight is 352 g/mol. The summed E-state index contributed by atoms with van der Waals surface area (Å²) in [6, 6.07) is 6.22. The van der Waals surface area contributed by atoms with Crippen LogP contribution in [0.3, 0.4) is 0 Å². The van der Waals surface area contributed by atoms with Gasteiger partial charge in [0.2, 0.25) is 10.0 Å². The Balaban J connectivity index is 2.72. The molecule has 1 unspecified atom stereocenters. The molecule has 0 saturated carbocycles. The van der Waals surface area contributed by atoms with Crippen molar-refractivity contribution in [2.24, 2.45) is 0 Å². The third kappa shape index (κ3) is 5.27. The number of hydrogen-bond donors (Lipinski definition) is 2. The fourth-order valence-corrected chi connectivity index (χ4v) is 3.02. The molecule has 19 heavy (non-hydrogen) atoms. The summed E-state index contributed by atoms with van der Waals surface area (Å²) < 4.78 is 31.8. The lowest BCUT2D eigenvalue weighted by atomic mass is 10.2. The van der Waals surface area contributed by atoms with E-state index in [-0.39, 0.29) is 17.9 Å². The maximum atomic E-state index is 12.0. The van der Waals surface area contributed by atoms with Crippen LogP contribution in [0.4, 0.5) is 0 Å². The van der Waals surface area contributed by atoms with Gasteiger partial charge in [-0.25, -0.2) is 13.1 Å². The van der Waals surface area contributed by atoms with Crippen molar-refractivity contribution in [1.82, 2.24) is 4.72 Å². The lowest BCUT2D eigenvalue weighted by Gasteiger charge is -2.14. The van der Waals surface area contributed by atoms with Gasteiger partial charge < -0.3 is 9.84 Å². The van der Waals surface area contributed by atoms with Crippen molar-refractivity contribution in [1.29, 1.82) is 0 Å². The second-order valence-electron chi connectivity index (χ2n) is 3.76. The topological polar surface area (TPSA) is 92.7 Å². The van der Waals surface area contributed by atoms with Crippen LogP contribution in [0.2, 0.25) is 0 Å². The van der Waals surface area contributed by atoms with Crippen molar-refractivity contribution >= 4 is 31.9 Å². The summed E-state index contributed by atoms with van der Waals surface area (Å²) in [5.41, 5.74) is 0. The van der Waals surface area contributed by atoms with Gasteiger partial charge in [0.15, 0.2) is 0 Å². The van der Waals surface area contributed by atoms with E-state index in [2.05, 4.69) is 20.7 Å². The van der Waals surface area contributed by atoms with Crippen LogP contribution in [0.5, 0.6) is 0 Å². The Kier molecular flexibility index (Phi) is 5.92. The van der Waals surface area contributed by atoms with E-state index in [9.17, 15) is 13.2 Å². The van der Waals surface area contributed by atoms with Gasteiger partial charge in [-0.05, 0) is 18.2 Å². The molecule has 0 spiro atoms. The van der Waals surface area contributed by atoms with Crippen LogP contribution >= 0.6 is 15.9 Å². The zero-order chi connectivity index (χ0) is 14.5. The number of sulfonamides is 1. The van der Waals surface area contributed by atoms with E-state index in [1.807, 2.05) is 0 Å². The number of carbonyl (C=O) groups is 1. The maximum Gasteiger partial charge on any atom is 0.306 e. The molecule has 1 aromatic carbocycles. The number of nitrogens with one attached hydrogen (secondary N) is 1. The van der Waals surface area contributed by atoms with Crippen LogP contribution in [0, 0.1) is 0 Å². The van der Waals surface area contributed by atoms with Gasteiger partial charge in [0.05, 0.1) is 17.4 Å². The lowest BCUT2D eigenvalue weighted by Crippen LogP contribution is -2.34. The number of aliphatic carboxylic acids is 1. The van der Waals surface area contributed by atoms with Crippen molar-refractivity contribution in [2.75, 3.05) is 13.7 Å². The SMILES string of the molecule is COC(CNS(=O)(=O)c1cccc(Br)c1)CC(=O)O.